The van der Waals surface area contributed by atoms with Crippen molar-refractivity contribution in [1.82, 2.24) is 10.2 Å². The van der Waals surface area contributed by atoms with E-state index in [-0.39, 0.29) is 0 Å². The van der Waals surface area contributed by atoms with Gasteiger partial charge >= 0.3 is 0 Å². The van der Waals surface area contributed by atoms with E-state index in [0.717, 1.165) is 26.2 Å². The highest BCUT2D eigenvalue weighted by atomic mass is 15.1. The largest absolute Gasteiger partial charge is 0.313 e. The fourth-order valence-electron chi connectivity index (χ4n) is 2.67. The minimum Gasteiger partial charge on any atom is -0.313 e. The Hall–Kier alpha value is -0.860. The molecule has 0 saturated carbocycles. The van der Waals surface area contributed by atoms with Crippen LogP contribution < -0.4 is 5.32 Å². The molecule has 1 N–H and O–H groups in total. The summed E-state index contributed by atoms with van der Waals surface area (Å²) in [5, 5.41) is 3.58. The first-order valence-electron chi connectivity index (χ1n) is 7.58. The molecule has 0 atom stereocenters. The van der Waals surface area contributed by atoms with Gasteiger partial charge in [-0.25, -0.2) is 0 Å². The van der Waals surface area contributed by atoms with Gasteiger partial charge in [0.2, 0.25) is 0 Å². The molecule has 2 heteroatoms. The number of rotatable bonds is 8. The van der Waals surface area contributed by atoms with Crippen LogP contribution in [0.5, 0.6) is 0 Å². The highest BCUT2D eigenvalue weighted by Gasteiger charge is 2.03. The highest BCUT2D eigenvalue weighted by Crippen LogP contribution is 2.15. The Balaban J connectivity index is 2.34. The topological polar surface area (TPSA) is 15.3 Å². The van der Waals surface area contributed by atoms with Crippen LogP contribution in [-0.4, -0.2) is 31.1 Å². The van der Waals surface area contributed by atoms with E-state index < -0.39 is 0 Å². The maximum Gasteiger partial charge on any atom is 0.0210 e. The van der Waals surface area contributed by atoms with E-state index in [0.29, 0.717) is 0 Å². The second kappa shape index (κ2) is 8.34. The van der Waals surface area contributed by atoms with E-state index in [9.17, 15) is 0 Å². The van der Waals surface area contributed by atoms with Gasteiger partial charge in [0.15, 0.2) is 0 Å². The van der Waals surface area contributed by atoms with Crippen LogP contribution in [-0.2, 0) is 6.54 Å². The molecule has 1 aromatic carbocycles. The van der Waals surface area contributed by atoms with Gasteiger partial charge in [0.05, 0.1) is 0 Å². The van der Waals surface area contributed by atoms with Gasteiger partial charge in [0.25, 0.3) is 0 Å². The molecule has 19 heavy (non-hydrogen) atoms. The van der Waals surface area contributed by atoms with E-state index in [4.69, 9.17) is 0 Å². The van der Waals surface area contributed by atoms with Gasteiger partial charge in [-0.15, -0.1) is 0 Å². The van der Waals surface area contributed by atoms with Crippen LogP contribution in [0.4, 0.5) is 0 Å². The summed E-state index contributed by atoms with van der Waals surface area (Å²) in [7, 11) is 0. The van der Waals surface area contributed by atoms with Crippen molar-refractivity contribution in [1.29, 1.82) is 0 Å². The molecule has 0 fully saturated rings. The number of aryl methyl sites for hydroxylation is 3. The number of hydrogen-bond donors (Lipinski definition) is 1. The van der Waals surface area contributed by atoms with Crippen molar-refractivity contribution in [2.24, 2.45) is 0 Å². The summed E-state index contributed by atoms with van der Waals surface area (Å²) in [6.45, 7) is 16.7. The maximum atomic E-state index is 3.58. The molecule has 2 nitrogen and oxygen atoms in total. The van der Waals surface area contributed by atoms with E-state index >= 15 is 0 Å². The lowest BCUT2D eigenvalue weighted by Gasteiger charge is -2.18. The first kappa shape index (κ1) is 16.2. The molecule has 0 aliphatic heterocycles. The molecular formula is C17H30N2. The molecule has 0 heterocycles. The summed E-state index contributed by atoms with van der Waals surface area (Å²) < 4.78 is 0. The lowest BCUT2D eigenvalue weighted by molar-refractivity contribution is 0.298. The predicted molar refractivity (Wildman–Crippen MR) is 84.8 cm³/mol. The van der Waals surface area contributed by atoms with Gasteiger partial charge in [-0.05, 0) is 70.1 Å². The molecule has 0 radical (unpaired) electrons. The average Bonchev–Trinajstić information content (AvgIpc) is 2.36. The fraction of sp³-hybridized carbons (Fsp3) is 0.647. The molecule has 1 aromatic rings. The number of hydrogen-bond acceptors (Lipinski definition) is 2. The van der Waals surface area contributed by atoms with Crippen molar-refractivity contribution in [3.8, 4) is 0 Å². The van der Waals surface area contributed by atoms with Crippen molar-refractivity contribution < 1.29 is 0 Å². The van der Waals surface area contributed by atoms with Crippen molar-refractivity contribution in [2.45, 2.75) is 47.6 Å². The van der Waals surface area contributed by atoms with Gasteiger partial charge in [0, 0.05) is 6.54 Å². The predicted octanol–water partition coefficient (Wildman–Crippen LogP) is 3.43. The van der Waals surface area contributed by atoms with Crippen LogP contribution in [0.1, 0.15) is 42.5 Å². The average molecular weight is 262 g/mol. The second-order valence-electron chi connectivity index (χ2n) is 5.43. The Labute approximate surface area is 119 Å². The standard InChI is InChI=1S/C17H30N2/c1-6-19(7-2)10-8-9-18-13-17-15(4)11-14(3)12-16(17)5/h11-12,18H,6-10,13H2,1-5H3. The summed E-state index contributed by atoms with van der Waals surface area (Å²) in [5.41, 5.74) is 5.65. The number of nitrogens with one attached hydrogen (secondary N) is 1. The molecule has 0 saturated heterocycles. The molecule has 0 unspecified atom stereocenters. The molecule has 0 spiro atoms. The normalized spacial score (nSPS) is 11.3. The zero-order chi connectivity index (χ0) is 14.3. The Morgan fingerprint density at radius 2 is 1.58 bits per heavy atom. The molecule has 108 valence electrons. The highest BCUT2D eigenvalue weighted by molar-refractivity contribution is 5.37. The third-order valence-electron chi connectivity index (χ3n) is 3.86. The quantitative estimate of drug-likeness (QED) is 0.722. The molecule has 1 rings (SSSR count). The first-order valence-corrected chi connectivity index (χ1v) is 7.58. The fourth-order valence-corrected chi connectivity index (χ4v) is 2.67. The molecular weight excluding hydrogens is 232 g/mol. The molecule has 0 aliphatic rings. The van der Waals surface area contributed by atoms with Crippen LogP contribution in [0.15, 0.2) is 12.1 Å². The summed E-state index contributed by atoms with van der Waals surface area (Å²) in [6.07, 6.45) is 1.23. The summed E-state index contributed by atoms with van der Waals surface area (Å²) in [4.78, 5) is 2.48. The Morgan fingerprint density at radius 3 is 2.11 bits per heavy atom. The minimum atomic E-state index is 0.996. The first-order chi connectivity index (χ1) is 9.08. The third kappa shape index (κ3) is 5.33. The van der Waals surface area contributed by atoms with Gasteiger partial charge in [-0.2, -0.15) is 0 Å². The van der Waals surface area contributed by atoms with Crippen LogP contribution in [0.3, 0.4) is 0 Å². The lowest BCUT2D eigenvalue weighted by atomic mass is 10.00. The van der Waals surface area contributed by atoms with Gasteiger partial charge in [-0.3, -0.25) is 0 Å². The summed E-state index contributed by atoms with van der Waals surface area (Å²) in [6, 6.07) is 4.56. The maximum absolute atomic E-state index is 3.58. The van der Waals surface area contributed by atoms with Crippen LogP contribution in [0.2, 0.25) is 0 Å². The Morgan fingerprint density at radius 1 is 1.00 bits per heavy atom. The van der Waals surface area contributed by atoms with E-state index in [1.807, 2.05) is 0 Å². The van der Waals surface area contributed by atoms with Crippen LogP contribution in [0.25, 0.3) is 0 Å². The van der Waals surface area contributed by atoms with Gasteiger partial charge in [-0.1, -0.05) is 31.5 Å². The third-order valence-corrected chi connectivity index (χ3v) is 3.86. The molecule has 0 amide bonds. The van der Waals surface area contributed by atoms with Crippen molar-refractivity contribution in [3.05, 3.63) is 34.4 Å². The van der Waals surface area contributed by atoms with Crippen molar-refractivity contribution in [2.75, 3.05) is 26.2 Å². The van der Waals surface area contributed by atoms with Crippen LogP contribution >= 0.6 is 0 Å². The molecule has 0 aromatic heterocycles. The second-order valence-corrected chi connectivity index (χ2v) is 5.43. The summed E-state index contributed by atoms with van der Waals surface area (Å²) in [5.74, 6) is 0. The summed E-state index contributed by atoms with van der Waals surface area (Å²) >= 11 is 0. The zero-order valence-corrected chi connectivity index (χ0v) is 13.3. The monoisotopic (exact) mass is 262 g/mol. The number of nitrogens with zero attached hydrogens (tertiary/aromatic N) is 1. The SMILES string of the molecule is CCN(CC)CCCNCc1c(C)cc(C)cc1C. The van der Waals surface area contributed by atoms with Crippen LogP contribution in [0, 0.1) is 20.8 Å². The smallest absolute Gasteiger partial charge is 0.0210 e. The number of benzene rings is 1. The Bertz CT molecular complexity index is 358. The van der Waals surface area contributed by atoms with Gasteiger partial charge < -0.3 is 10.2 Å². The molecule has 0 bridgehead atoms. The zero-order valence-electron chi connectivity index (χ0n) is 13.3. The van der Waals surface area contributed by atoms with E-state index in [1.165, 1.54) is 35.2 Å². The van der Waals surface area contributed by atoms with Gasteiger partial charge in [0.1, 0.15) is 0 Å². The minimum absolute atomic E-state index is 0.996. The Kier molecular flexibility index (Phi) is 7.11. The van der Waals surface area contributed by atoms with Crippen molar-refractivity contribution >= 4 is 0 Å². The van der Waals surface area contributed by atoms with E-state index in [2.05, 4.69) is 57.0 Å². The lowest BCUT2D eigenvalue weighted by Crippen LogP contribution is -2.27. The van der Waals surface area contributed by atoms with Crippen molar-refractivity contribution in [3.63, 3.8) is 0 Å². The van der Waals surface area contributed by atoms with E-state index in [1.54, 1.807) is 0 Å². The molecule has 0 aliphatic carbocycles.